The third-order valence-electron chi connectivity index (χ3n) is 9.58. The summed E-state index contributed by atoms with van der Waals surface area (Å²) >= 11 is 0. The second-order valence-corrected chi connectivity index (χ2v) is 12.8. The molecule has 2 N–H and O–H groups in total. The second kappa shape index (κ2) is 12.9. The van der Waals surface area contributed by atoms with Crippen LogP contribution in [-0.4, -0.2) is 11.7 Å². The molecule has 1 heterocycles. The van der Waals surface area contributed by atoms with Crippen molar-refractivity contribution in [2.24, 2.45) is 15.7 Å². The number of furan rings is 1. The van der Waals surface area contributed by atoms with Crippen LogP contribution in [0.15, 0.2) is 190 Å². The maximum absolute atomic E-state index is 6.92. The van der Waals surface area contributed by atoms with Crippen LogP contribution in [0, 0.1) is 0 Å². The number of amidine groups is 2. The highest BCUT2D eigenvalue weighted by atomic mass is 16.3. The van der Waals surface area contributed by atoms with Gasteiger partial charge in [0.05, 0.1) is 6.54 Å². The lowest BCUT2D eigenvalue weighted by Crippen LogP contribution is -2.17. The summed E-state index contributed by atoms with van der Waals surface area (Å²) in [5.41, 5.74) is 15.8. The highest BCUT2D eigenvalue weighted by Crippen LogP contribution is 2.38. The molecule has 0 aliphatic rings. The number of aliphatic imine (C=N–C) groups is 2. The van der Waals surface area contributed by atoms with Gasteiger partial charge in [-0.2, -0.15) is 0 Å². The first kappa shape index (κ1) is 30.3. The van der Waals surface area contributed by atoms with Crippen molar-refractivity contribution >= 4 is 55.2 Å². The molecule has 0 fully saturated rings. The number of rotatable bonds is 6. The Kier molecular flexibility index (Phi) is 7.67. The van der Waals surface area contributed by atoms with Crippen LogP contribution in [0.5, 0.6) is 0 Å². The minimum Gasteiger partial charge on any atom is -0.455 e. The average molecular weight is 656 g/mol. The highest BCUT2D eigenvalue weighted by Gasteiger charge is 2.17. The second-order valence-electron chi connectivity index (χ2n) is 12.8. The van der Waals surface area contributed by atoms with E-state index in [1.807, 2.05) is 48.5 Å². The minimum absolute atomic E-state index is 0.383. The molecule has 0 aliphatic carbocycles. The summed E-state index contributed by atoms with van der Waals surface area (Å²) in [6.07, 6.45) is 0. The SMILES string of the molecule is NC(=NC(=NCc1ccccc1)c1ccc2ccccc2c1)c1cccc2oc3c(-c4ccc(-c5cccc6ccccc56)cc4)cccc3c12. The van der Waals surface area contributed by atoms with Gasteiger partial charge in [0.2, 0.25) is 0 Å². The van der Waals surface area contributed by atoms with Crippen molar-refractivity contribution < 1.29 is 4.42 Å². The van der Waals surface area contributed by atoms with Crippen molar-refractivity contribution in [2.75, 3.05) is 0 Å². The molecule has 0 saturated carbocycles. The van der Waals surface area contributed by atoms with E-state index in [-0.39, 0.29) is 0 Å². The molecule has 0 spiro atoms. The highest BCUT2D eigenvalue weighted by molar-refractivity contribution is 6.22. The van der Waals surface area contributed by atoms with Gasteiger partial charge in [-0.25, -0.2) is 4.99 Å². The monoisotopic (exact) mass is 655 g/mol. The summed E-state index contributed by atoms with van der Waals surface area (Å²) in [5, 5.41) is 6.68. The van der Waals surface area contributed by atoms with E-state index in [1.165, 1.54) is 21.9 Å². The van der Waals surface area contributed by atoms with E-state index >= 15 is 0 Å². The first-order chi connectivity index (χ1) is 25.2. The van der Waals surface area contributed by atoms with Crippen LogP contribution in [-0.2, 0) is 6.54 Å². The Hall–Kier alpha value is -6.78. The van der Waals surface area contributed by atoms with E-state index in [0.717, 1.165) is 60.5 Å². The lowest BCUT2D eigenvalue weighted by atomic mass is 9.95. The molecule has 9 aromatic rings. The maximum Gasteiger partial charge on any atom is 0.157 e. The third-order valence-corrected chi connectivity index (χ3v) is 9.58. The van der Waals surface area contributed by atoms with E-state index in [9.17, 15) is 0 Å². The van der Waals surface area contributed by atoms with Crippen molar-refractivity contribution in [3.8, 4) is 22.3 Å². The van der Waals surface area contributed by atoms with Gasteiger partial charge in [-0.3, -0.25) is 4.99 Å². The summed E-state index contributed by atoms with van der Waals surface area (Å²) in [6.45, 7) is 0.487. The number of nitrogens with zero attached hydrogens (tertiary/aromatic N) is 2. The van der Waals surface area contributed by atoms with Crippen molar-refractivity contribution in [2.45, 2.75) is 6.54 Å². The molecule has 0 radical (unpaired) electrons. The van der Waals surface area contributed by atoms with Gasteiger partial charge in [0.25, 0.3) is 0 Å². The molecule has 4 heteroatoms. The van der Waals surface area contributed by atoms with E-state index in [2.05, 4.69) is 127 Å². The van der Waals surface area contributed by atoms with Crippen LogP contribution in [0.1, 0.15) is 16.7 Å². The summed E-state index contributed by atoms with van der Waals surface area (Å²) in [6, 6.07) is 60.8. The van der Waals surface area contributed by atoms with E-state index in [0.29, 0.717) is 18.2 Å². The molecule has 0 atom stereocenters. The normalized spacial score (nSPS) is 12.3. The molecule has 9 rings (SSSR count). The quantitative estimate of drug-likeness (QED) is 0.143. The number of para-hydroxylation sites is 1. The van der Waals surface area contributed by atoms with Gasteiger partial charge in [0, 0.05) is 27.5 Å². The van der Waals surface area contributed by atoms with Crippen LogP contribution in [0.2, 0.25) is 0 Å². The molecular formula is C47H33N3O. The van der Waals surface area contributed by atoms with Crippen LogP contribution in [0.3, 0.4) is 0 Å². The number of fused-ring (bicyclic) bond motifs is 5. The van der Waals surface area contributed by atoms with Crippen LogP contribution >= 0.6 is 0 Å². The van der Waals surface area contributed by atoms with Crippen molar-refractivity contribution in [1.29, 1.82) is 0 Å². The molecule has 1 aromatic heterocycles. The lowest BCUT2D eigenvalue weighted by molar-refractivity contribution is 0.670. The lowest BCUT2D eigenvalue weighted by Gasteiger charge is -2.09. The van der Waals surface area contributed by atoms with Gasteiger partial charge < -0.3 is 10.2 Å². The summed E-state index contributed by atoms with van der Waals surface area (Å²) < 4.78 is 6.60. The summed E-state index contributed by atoms with van der Waals surface area (Å²) in [5.74, 6) is 0.965. The number of nitrogens with two attached hydrogens (primary N) is 1. The molecule has 0 amide bonds. The van der Waals surface area contributed by atoms with Crippen molar-refractivity contribution in [3.05, 3.63) is 193 Å². The Morgan fingerprint density at radius 2 is 1.18 bits per heavy atom. The van der Waals surface area contributed by atoms with Crippen LogP contribution < -0.4 is 5.73 Å². The predicted octanol–water partition coefficient (Wildman–Crippen LogP) is 11.6. The first-order valence-electron chi connectivity index (χ1n) is 17.1. The topological polar surface area (TPSA) is 63.9 Å². The molecule has 0 unspecified atom stereocenters. The molecule has 0 saturated heterocycles. The van der Waals surface area contributed by atoms with E-state index < -0.39 is 0 Å². The number of hydrogen-bond acceptors (Lipinski definition) is 2. The van der Waals surface area contributed by atoms with Crippen LogP contribution in [0.25, 0.3) is 65.7 Å². The average Bonchev–Trinajstić information content (AvgIpc) is 3.59. The molecule has 8 aromatic carbocycles. The first-order valence-corrected chi connectivity index (χ1v) is 17.1. The maximum atomic E-state index is 6.92. The van der Waals surface area contributed by atoms with Gasteiger partial charge in [-0.15, -0.1) is 0 Å². The van der Waals surface area contributed by atoms with Crippen LogP contribution in [0.4, 0.5) is 0 Å². The summed E-state index contributed by atoms with van der Waals surface area (Å²) in [4.78, 5) is 10.0. The van der Waals surface area contributed by atoms with Gasteiger partial charge in [0.15, 0.2) is 5.84 Å². The number of hydrogen-bond donors (Lipinski definition) is 1. The zero-order valence-electron chi connectivity index (χ0n) is 27.8. The van der Waals surface area contributed by atoms with Gasteiger partial charge >= 0.3 is 0 Å². The zero-order chi connectivity index (χ0) is 34.1. The van der Waals surface area contributed by atoms with Crippen molar-refractivity contribution in [3.63, 3.8) is 0 Å². The Morgan fingerprint density at radius 3 is 2.02 bits per heavy atom. The molecule has 0 bridgehead atoms. The fraction of sp³-hybridized carbons (Fsp3) is 0.0213. The molecular weight excluding hydrogens is 623 g/mol. The molecule has 242 valence electrons. The Labute approximate surface area is 295 Å². The zero-order valence-corrected chi connectivity index (χ0v) is 27.8. The molecule has 51 heavy (non-hydrogen) atoms. The van der Waals surface area contributed by atoms with Gasteiger partial charge in [-0.05, 0) is 55.9 Å². The summed E-state index contributed by atoms with van der Waals surface area (Å²) in [7, 11) is 0. The van der Waals surface area contributed by atoms with Gasteiger partial charge in [-0.1, -0.05) is 164 Å². The van der Waals surface area contributed by atoms with Crippen molar-refractivity contribution in [1.82, 2.24) is 0 Å². The Balaban J connectivity index is 1.12. The largest absolute Gasteiger partial charge is 0.455 e. The standard InChI is InChI=1S/C47H33N3O/c48-46(50-47(49-30-31-11-2-1-3-12-31)37-28-23-32-13-4-5-15-36(32)29-37)42-21-10-22-43-44(42)41-20-9-19-40(45(41)51-43)35-26-24-34(25-27-35)39-18-8-16-33-14-6-7-17-38(33)39/h1-29H,30H2,(H2,48,49,50). The Bertz CT molecular complexity index is 2770. The minimum atomic E-state index is 0.383. The third kappa shape index (κ3) is 5.73. The van der Waals surface area contributed by atoms with Gasteiger partial charge in [0.1, 0.15) is 17.0 Å². The Morgan fingerprint density at radius 1 is 0.529 bits per heavy atom. The number of benzene rings is 8. The van der Waals surface area contributed by atoms with E-state index in [1.54, 1.807) is 0 Å². The molecule has 4 nitrogen and oxygen atoms in total. The fourth-order valence-electron chi connectivity index (χ4n) is 7.04. The van der Waals surface area contributed by atoms with E-state index in [4.69, 9.17) is 20.1 Å². The smallest absolute Gasteiger partial charge is 0.157 e. The predicted molar refractivity (Wildman–Crippen MR) is 213 cm³/mol. The molecule has 0 aliphatic heterocycles. The fourth-order valence-corrected chi connectivity index (χ4v) is 7.04.